The maximum absolute atomic E-state index is 4.56. The van der Waals surface area contributed by atoms with Gasteiger partial charge in [0.05, 0.1) is 11.2 Å². The number of nitrogens with zero attached hydrogens (tertiary/aromatic N) is 4. The average molecular weight is 397 g/mol. The smallest absolute Gasteiger partial charge is 0.116 e. The first-order chi connectivity index (χ1) is 12.2. The SMILES string of the molecule is CN1CCN(Cc2cccc(-c3ncnc4ccc(Br)cc34)c2)CC1. The highest BCUT2D eigenvalue weighted by molar-refractivity contribution is 9.10. The summed E-state index contributed by atoms with van der Waals surface area (Å²) in [4.78, 5) is 13.9. The van der Waals surface area contributed by atoms with Gasteiger partial charge in [-0.05, 0) is 36.9 Å². The minimum Gasteiger partial charge on any atom is -0.304 e. The summed E-state index contributed by atoms with van der Waals surface area (Å²) in [5.74, 6) is 0. The molecule has 0 aliphatic carbocycles. The number of aromatic nitrogens is 2. The van der Waals surface area contributed by atoms with E-state index in [0.717, 1.165) is 59.4 Å². The van der Waals surface area contributed by atoms with E-state index in [-0.39, 0.29) is 0 Å². The summed E-state index contributed by atoms with van der Waals surface area (Å²) in [6.07, 6.45) is 1.65. The average Bonchev–Trinajstić information content (AvgIpc) is 2.63. The van der Waals surface area contributed by atoms with Crippen LogP contribution in [0.15, 0.2) is 53.3 Å². The molecule has 0 bridgehead atoms. The molecule has 0 N–H and O–H groups in total. The van der Waals surface area contributed by atoms with Gasteiger partial charge in [-0.1, -0.05) is 34.1 Å². The molecule has 3 aromatic rings. The van der Waals surface area contributed by atoms with Crippen molar-refractivity contribution < 1.29 is 0 Å². The van der Waals surface area contributed by atoms with Gasteiger partial charge in [-0.3, -0.25) is 4.90 Å². The van der Waals surface area contributed by atoms with Gasteiger partial charge in [0.1, 0.15) is 6.33 Å². The summed E-state index contributed by atoms with van der Waals surface area (Å²) >= 11 is 3.56. The monoisotopic (exact) mass is 396 g/mol. The Hall–Kier alpha value is -1.82. The number of hydrogen-bond donors (Lipinski definition) is 0. The highest BCUT2D eigenvalue weighted by Crippen LogP contribution is 2.28. The number of halogens is 1. The van der Waals surface area contributed by atoms with Crippen molar-refractivity contribution in [3.63, 3.8) is 0 Å². The van der Waals surface area contributed by atoms with E-state index >= 15 is 0 Å². The van der Waals surface area contributed by atoms with Crippen molar-refractivity contribution in [2.75, 3.05) is 33.2 Å². The van der Waals surface area contributed by atoms with Crippen molar-refractivity contribution in [1.82, 2.24) is 19.8 Å². The van der Waals surface area contributed by atoms with Crippen molar-refractivity contribution in [2.45, 2.75) is 6.54 Å². The van der Waals surface area contributed by atoms with Crippen LogP contribution in [0.25, 0.3) is 22.2 Å². The van der Waals surface area contributed by atoms with E-state index in [0.29, 0.717) is 0 Å². The Bertz CT molecular complexity index is 888. The lowest BCUT2D eigenvalue weighted by atomic mass is 10.0. The topological polar surface area (TPSA) is 32.3 Å². The zero-order valence-electron chi connectivity index (χ0n) is 14.3. The summed E-state index contributed by atoms with van der Waals surface area (Å²) in [5.41, 5.74) is 4.45. The predicted octanol–water partition coefficient (Wildman–Crippen LogP) is 3.81. The van der Waals surface area contributed by atoms with Gasteiger partial charge < -0.3 is 4.90 Å². The van der Waals surface area contributed by atoms with Crippen molar-refractivity contribution in [3.05, 3.63) is 58.8 Å². The van der Waals surface area contributed by atoms with Crippen LogP contribution in [0.4, 0.5) is 0 Å². The van der Waals surface area contributed by atoms with Crippen LogP contribution in [-0.2, 0) is 6.54 Å². The lowest BCUT2D eigenvalue weighted by Gasteiger charge is -2.32. The molecule has 1 aliphatic rings. The van der Waals surface area contributed by atoms with E-state index in [1.807, 2.05) is 12.1 Å². The minimum atomic E-state index is 0.970. The molecule has 1 fully saturated rings. The highest BCUT2D eigenvalue weighted by Gasteiger charge is 2.14. The van der Waals surface area contributed by atoms with Crippen LogP contribution in [0.3, 0.4) is 0 Å². The Balaban J connectivity index is 1.65. The molecule has 0 radical (unpaired) electrons. The molecule has 0 spiro atoms. The number of rotatable bonds is 3. The van der Waals surface area contributed by atoms with Gasteiger partial charge >= 0.3 is 0 Å². The fourth-order valence-electron chi connectivity index (χ4n) is 3.34. The van der Waals surface area contributed by atoms with E-state index in [1.165, 1.54) is 5.56 Å². The molecule has 0 saturated carbocycles. The maximum Gasteiger partial charge on any atom is 0.116 e. The van der Waals surface area contributed by atoms with Crippen LogP contribution in [0.1, 0.15) is 5.56 Å². The van der Waals surface area contributed by atoms with E-state index in [4.69, 9.17) is 0 Å². The summed E-state index contributed by atoms with van der Waals surface area (Å²) in [6, 6.07) is 14.9. The second kappa shape index (κ2) is 7.20. The normalized spacial score (nSPS) is 16.4. The van der Waals surface area contributed by atoms with Crippen molar-refractivity contribution in [1.29, 1.82) is 0 Å². The summed E-state index contributed by atoms with van der Waals surface area (Å²) in [5, 5.41) is 1.08. The van der Waals surface area contributed by atoms with Crippen molar-refractivity contribution in [3.8, 4) is 11.3 Å². The van der Waals surface area contributed by atoms with Gasteiger partial charge in [-0.15, -0.1) is 0 Å². The van der Waals surface area contributed by atoms with Crippen LogP contribution < -0.4 is 0 Å². The molecule has 4 nitrogen and oxygen atoms in total. The van der Waals surface area contributed by atoms with Crippen LogP contribution in [-0.4, -0.2) is 53.0 Å². The third-order valence-electron chi connectivity index (χ3n) is 4.80. The standard InChI is InChI=1S/C20H21BrN4/c1-24-7-9-25(10-8-24)13-15-3-2-4-16(11-15)20-18-12-17(21)5-6-19(18)22-14-23-20/h2-6,11-12,14H,7-10,13H2,1H3. The molecule has 5 heteroatoms. The number of piperazine rings is 1. The third-order valence-corrected chi connectivity index (χ3v) is 5.29. The Labute approximate surface area is 156 Å². The molecule has 1 saturated heterocycles. The van der Waals surface area contributed by atoms with Crippen molar-refractivity contribution in [2.24, 2.45) is 0 Å². The first kappa shape index (κ1) is 16.6. The van der Waals surface area contributed by atoms with E-state index in [1.54, 1.807) is 6.33 Å². The Morgan fingerprint density at radius 2 is 1.84 bits per heavy atom. The van der Waals surface area contributed by atoms with Gasteiger partial charge in [-0.25, -0.2) is 9.97 Å². The first-order valence-corrected chi connectivity index (χ1v) is 9.39. The fourth-order valence-corrected chi connectivity index (χ4v) is 3.70. The lowest BCUT2D eigenvalue weighted by molar-refractivity contribution is 0.148. The predicted molar refractivity (Wildman–Crippen MR) is 105 cm³/mol. The van der Waals surface area contributed by atoms with Crippen LogP contribution >= 0.6 is 15.9 Å². The van der Waals surface area contributed by atoms with Crippen LogP contribution in [0, 0.1) is 0 Å². The second-order valence-corrected chi connectivity index (χ2v) is 7.58. The summed E-state index contributed by atoms with van der Waals surface area (Å²) in [6.45, 7) is 5.54. The molecule has 0 amide bonds. The molecule has 4 rings (SSSR count). The summed E-state index contributed by atoms with van der Waals surface area (Å²) < 4.78 is 1.05. The zero-order chi connectivity index (χ0) is 17.2. The molecular formula is C20H21BrN4. The Kier molecular flexibility index (Phi) is 4.79. The third kappa shape index (κ3) is 3.73. The molecule has 2 heterocycles. The molecule has 25 heavy (non-hydrogen) atoms. The number of hydrogen-bond acceptors (Lipinski definition) is 4. The van der Waals surface area contributed by atoms with Gasteiger partial charge in [0, 0.05) is 48.1 Å². The van der Waals surface area contributed by atoms with E-state index in [2.05, 4.69) is 73.1 Å². The van der Waals surface area contributed by atoms with E-state index < -0.39 is 0 Å². The van der Waals surface area contributed by atoms with Gasteiger partial charge in [0.15, 0.2) is 0 Å². The molecule has 1 aromatic heterocycles. The van der Waals surface area contributed by atoms with Crippen LogP contribution in [0.5, 0.6) is 0 Å². The first-order valence-electron chi connectivity index (χ1n) is 8.59. The molecule has 2 aromatic carbocycles. The van der Waals surface area contributed by atoms with Gasteiger partial charge in [-0.2, -0.15) is 0 Å². The molecular weight excluding hydrogens is 376 g/mol. The maximum atomic E-state index is 4.56. The van der Waals surface area contributed by atoms with Crippen molar-refractivity contribution >= 4 is 26.8 Å². The molecule has 128 valence electrons. The second-order valence-electron chi connectivity index (χ2n) is 6.66. The lowest BCUT2D eigenvalue weighted by Crippen LogP contribution is -2.43. The molecule has 0 unspecified atom stereocenters. The Morgan fingerprint density at radius 3 is 2.68 bits per heavy atom. The molecule has 1 aliphatic heterocycles. The number of benzene rings is 2. The number of likely N-dealkylation sites (N-methyl/N-ethyl adjacent to an activating group) is 1. The van der Waals surface area contributed by atoms with Gasteiger partial charge in [0.25, 0.3) is 0 Å². The largest absolute Gasteiger partial charge is 0.304 e. The van der Waals surface area contributed by atoms with E-state index in [9.17, 15) is 0 Å². The van der Waals surface area contributed by atoms with Crippen LogP contribution in [0.2, 0.25) is 0 Å². The summed E-state index contributed by atoms with van der Waals surface area (Å²) in [7, 11) is 2.19. The molecule has 0 atom stereocenters. The minimum absolute atomic E-state index is 0.970. The van der Waals surface area contributed by atoms with Gasteiger partial charge in [0.2, 0.25) is 0 Å². The zero-order valence-corrected chi connectivity index (χ0v) is 15.9. The highest BCUT2D eigenvalue weighted by atomic mass is 79.9. The number of fused-ring (bicyclic) bond motifs is 1. The Morgan fingerprint density at radius 1 is 1.00 bits per heavy atom. The fraction of sp³-hybridized carbons (Fsp3) is 0.300. The quantitative estimate of drug-likeness (QED) is 0.673.